The lowest BCUT2D eigenvalue weighted by Gasteiger charge is -2.10. The summed E-state index contributed by atoms with van der Waals surface area (Å²) in [6, 6.07) is 6.00. The lowest BCUT2D eigenvalue weighted by Crippen LogP contribution is -2.38. The average Bonchev–Trinajstić information content (AvgIpc) is 2.98. The van der Waals surface area contributed by atoms with Crippen LogP contribution in [0.15, 0.2) is 34.8 Å². The SMILES string of the molecule is CCNC(=NCCCc1nc(C)cs1)NCCc1ccccn1. The molecule has 0 saturated heterocycles. The van der Waals surface area contributed by atoms with Crippen molar-refractivity contribution in [2.45, 2.75) is 33.1 Å². The fourth-order valence-corrected chi connectivity index (χ4v) is 2.95. The summed E-state index contributed by atoms with van der Waals surface area (Å²) in [6.07, 6.45) is 4.73. The molecule has 0 saturated carbocycles. The first-order valence-electron chi connectivity index (χ1n) is 8.11. The molecular weight excluding hydrogens is 306 g/mol. The number of aryl methyl sites for hydroxylation is 2. The van der Waals surface area contributed by atoms with E-state index in [9.17, 15) is 0 Å². The zero-order chi connectivity index (χ0) is 16.3. The molecule has 2 rings (SSSR count). The van der Waals surface area contributed by atoms with Crippen molar-refractivity contribution in [1.82, 2.24) is 20.6 Å². The van der Waals surface area contributed by atoms with Gasteiger partial charge in [-0.3, -0.25) is 9.98 Å². The zero-order valence-corrected chi connectivity index (χ0v) is 14.7. The molecule has 2 heterocycles. The summed E-state index contributed by atoms with van der Waals surface area (Å²) in [5.41, 5.74) is 2.20. The molecule has 0 unspecified atom stereocenters. The summed E-state index contributed by atoms with van der Waals surface area (Å²) in [6.45, 7) is 6.61. The van der Waals surface area contributed by atoms with E-state index in [4.69, 9.17) is 0 Å². The third kappa shape index (κ3) is 6.78. The highest BCUT2D eigenvalue weighted by Crippen LogP contribution is 2.10. The largest absolute Gasteiger partial charge is 0.357 e. The summed E-state index contributed by atoms with van der Waals surface area (Å²) < 4.78 is 0. The molecule has 0 aliphatic heterocycles. The Bertz CT molecular complexity index is 594. The first-order valence-corrected chi connectivity index (χ1v) is 8.99. The molecule has 0 aromatic carbocycles. The standard InChI is InChI=1S/C17H25N5S/c1-3-18-17(21-12-9-15-7-4-5-10-19-15)20-11-6-8-16-22-14(2)13-23-16/h4-5,7,10,13H,3,6,8-9,11-12H2,1-2H3,(H2,18,20,21). The zero-order valence-electron chi connectivity index (χ0n) is 13.9. The van der Waals surface area contributed by atoms with Crippen LogP contribution in [-0.2, 0) is 12.8 Å². The van der Waals surface area contributed by atoms with E-state index in [1.165, 1.54) is 5.01 Å². The maximum Gasteiger partial charge on any atom is 0.191 e. The summed E-state index contributed by atoms with van der Waals surface area (Å²) in [4.78, 5) is 13.4. The highest BCUT2D eigenvalue weighted by molar-refractivity contribution is 7.09. The Morgan fingerprint density at radius 3 is 2.87 bits per heavy atom. The van der Waals surface area contributed by atoms with Gasteiger partial charge in [0, 0.05) is 55.4 Å². The van der Waals surface area contributed by atoms with E-state index in [0.29, 0.717) is 0 Å². The number of aliphatic imine (C=N–C) groups is 1. The number of aromatic nitrogens is 2. The van der Waals surface area contributed by atoms with Crippen LogP contribution in [0.2, 0.25) is 0 Å². The Labute approximate surface area is 142 Å². The molecule has 2 N–H and O–H groups in total. The Balaban J connectivity index is 1.71. The van der Waals surface area contributed by atoms with Gasteiger partial charge in [0.2, 0.25) is 0 Å². The quantitative estimate of drug-likeness (QED) is 0.443. The highest BCUT2D eigenvalue weighted by Gasteiger charge is 2.00. The molecule has 2 aromatic rings. The maximum atomic E-state index is 4.62. The summed E-state index contributed by atoms with van der Waals surface area (Å²) in [7, 11) is 0. The number of guanidine groups is 1. The number of thiazole rings is 1. The van der Waals surface area contributed by atoms with E-state index in [0.717, 1.165) is 56.2 Å². The van der Waals surface area contributed by atoms with Gasteiger partial charge in [0.05, 0.1) is 5.01 Å². The maximum absolute atomic E-state index is 4.62. The van der Waals surface area contributed by atoms with Crippen LogP contribution in [0.3, 0.4) is 0 Å². The highest BCUT2D eigenvalue weighted by atomic mass is 32.1. The van der Waals surface area contributed by atoms with E-state index < -0.39 is 0 Å². The fraction of sp³-hybridized carbons (Fsp3) is 0.471. The first-order chi connectivity index (χ1) is 11.3. The van der Waals surface area contributed by atoms with Crippen LogP contribution in [0.25, 0.3) is 0 Å². The Morgan fingerprint density at radius 2 is 2.17 bits per heavy atom. The molecule has 0 aliphatic rings. The molecule has 5 nitrogen and oxygen atoms in total. The van der Waals surface area contributed by atoms with Crippen LogP contribution in [0.4, 0.5) is 0 Å². The van der Waals surface area contributed by atoms with Crippen LogP contribution in [0.5, 0.6) is 0 Å². The molecule has 0 amide bonds. The van der Waals surface area contributed by atoms with Gasteiger partial charge < -0.3 is 10.6 Å². The normalized spacial score (nSPS) is 11.5. The second kappa shape index (κ2) is 9.94. The summed E-state index contributed by atoms with van der Waals surface area (Å²) in [5.74, 6) is 0.874. The van der Waals surface area contributed by atoms with E-state index in [2.05, 4.69) is 37.9 Å². The van der Waals surface area contributed by atoms with Gasteiger partial charge in [0.15, 0.2) is 5.96 Å². The number of nitrogens with one attached hydrogen (secondary N) is 2. The van der Waals surface area contributed by atoms with Gasteiger partial charge in [-0.2, -0.15) is 0 Å². The summed E-state index contributed by atoms with van der Waals surface area (Å²) >= 11 is 1.73. The Hall–Kier alpha value is -1.95. The lowest BCUT2D eigenvalue weighted by atomic mass is 10.3. The summed E-state index contributed by atoms with van der Waals surface area (Å²) in [5, 5.41) is 9.93. The second-order valence-electron chi connectivity index (χ2n) is 5.24. The molecule has 0 atom stereocenters. The van der Waals surface area contributed by atoms with Crippen molar-refractivity contribution < 1.29 is 0 Å². The Kier molecular flexibility index (Phi) is 7.52. The van der Waals surface area contributed by atoms with Gasteiger partial charge in [-0.25, -0.2) is 4.98 Å². The first kappa shape index (κ1) is 17.4. The number of hydrogen-bond acceptors (Lipinski definition) is 4. The van der Waals surface area contributed by atoms with Crippen molar-refractivity contribution in [1.29, 1.82) is 0 Å². The van der Waals surface area contributed by atoms with Crippen LogP contribution < -0.4 is 10.6 Å². The molecule has 0 radical (unpaired) electrons. The van der Waals surface area contributed by atoms with E-state index in [1.54, 1.807) is 11.3 Å². The van der Waals surface area contributed by atoms with Crippen molar-refractivity contribution >= 4 is 17.3 Å². The Morgan fingerprint density at radius 1 is 1.26 bits per heavy atom. The number of hydrogen-bond donors (Lipinski definition) is 2. The van der Waals surface area contributed by atoms with E-state index in [1.807, 2.05) is 31.3 Å². The van der Waals surface area contributed by atoms with Crippen LogP contribution in [0.1, 0.15) is 29.7 Å². The predicted molar refractivity (Wildman–Crippen MR) is 97.1 cm³/mol. The van der Waals surface area contributed by atoms with Gasteiger partial charge in [-0.1, -0.05) is 6.07 Å². The predicted octanol–water partition coefficient (Wildman–Crippen LogP) is 2.58. The number of rotatable bonds is 8. The number of pyridine rings is 1. The fourth-order valence-electron chi connectivity index (χ4n) is 2.14. The minimum absolute atomic E-state index is 0.803. The average molecular weight is 331 g/mol. The van der Waals surface area contributed by atoms with Crippen molar-refractivity contribution in [3.05, 3.63) is 46.2 Å². The third-order valence-corrected chi connectivity index (χ3v) is 4.26. The van der Waals surface area contributed by atoms with Crippen molar-refractivity contribution in [2.24, 2.45) is 4.99 Å². The molecule has 0 spiro atoms. The second-order valence-corrected chi connectivity index (χ2v) is 6.19. The van der Waals surface area contributed by atoms with Gasteiger partial charge in [-0.15, -0.1) is 11.3 Å². The van der Waals surface area contributed by atoms with Crippen LogP contribution >= 0.6 is 11.3 Å². The minimum Gasteiger partial charge on any atom is -0.357 e. The topological polar surface area (TPSA) is 62.2 Å². The third-order valence-electron chi connectivity index (χ3n) is 3.23. The van der Waals surface area contributed by atoms with Crippen LogP contribution in [-0.4, -0.2) is 35.6 Å². The van der Waals surface area contributed by atoms with Crippen molar-refractivity contribution in [3.63, 3.8) is 0 Å². The molecular formula is C17H25N5S. The smallest absolute Gasteiger partial charge is 0.191 e. The molecule has 0 fully saturated rings. The van der Waals surface area contributed by atoms with Gasteiger partial charge >= 0.3 is 0 Å². The molecule has 0 bridgehead atoms. The number of nitrogens with zero attached hydrogens (tertiary/aromatic N) is 3. The van der Waals surface area contributed by atoms with Crippen molar-refractivity contribution in [3.8, 4) is 0 Å². The molecule has 6 heteroatoms. The van der Waals surface area contributed by atoms with Gasteiger partial charge in [0.1, 0.15) is 0 Å². The van der Waals surface area contributed by atoms with Crippen molar-refractivity contribution in [2.75, 3.05) is 19.6 Å². The molecule has 2 aromatic heterocycles. The van der Waals surface area contributed by atoms with E-state index in [-0.39, 0.29) is 0 Å². The van der Waals surface area contributed by atoms with Crippen LogP contribution in [0, 0.1) is 6.92 Å². The lowest BCUT2D eigenvalue weighted by molar-refractivity contribution is 0.768. The monoisotopic (exact) mass is 331 g/mol. The molecule has 124 valence electrons. The van der Waals surface area contributed by atoms with E-state index >= 15 is 0 Å². The van der Waals surface area contributed by atoms with Gasteiger partial charge in [0.25, 0.3) is 0 Å². The van der Waals surface area contributed by atoms with Gasteiger partial charge in [-0.05, 0) is 32.4 Å². The molecule has 0 aliphatic carbocycles. The molecule has 23 heavy (non-hydrogen) atoms. The minimum atomic E-state index is 0.803.